The Bertz CT molecular complexity index is 336. The van der Waals surface area contributed by atoms with Crippen LogP contribution in [0.5, 0.6) is 0 Å². The number of rotatable bonds is 1. The zero-order valence-electron chi connectivity index (χ0n) is 6.27. The molecule has 0 atom stereocenters. The summed E-state index contributed by atoms with van der Waals surface area (Å²) in [6.45, 7) is 1.87. The topological polar surface area (TPSA) is 37.3 Å². The van der Waals surface area contributed by atoms with E-state index in [0.717, 1.165) is 9.13 Å². The van der Waals surface area contributed by atoms with E-state index in [1.54, 1.807) is 6.07 Å². The number of hydrogen-bond donors (Lipinski definition) is 1. The van der Waals surface area contributed by atoms with Crippen LogP contribution >= 0.6 is 38.5 Å². The van der Waals surface area contributed by atoms with Crippen molar-refractivity contribution >= 4 is 44.5 Å². The molecule has 0 aromatic heterocycles. The molecule has 0 unspecified atom stereocenters. The van der Waals surface area contributed by atoms with Crippen LogP contribution in [0.2, 0.25) is 0 Å². The highest BCUT2D eigenvalue weighted by atomic mass is 127. The van der Waals surface area contributed by atoms with Gasteiger partial charge in [0.2, 0.25) is 0 Å². The van der Waals surface area contributed by atoms with Gasteiger partial charge in [-0.05, 0) is 57.1 Å². The summed E-state index contributed by atoms with van der Waals surface area (Å²) in [4.78, 5) is 10.8. The number of benzene rings is 1. The van der Waals surface area contributed by atoms with Crippen molar-refractivity contribution in [3.05, 3.63) is 31.3 Å². The molecule has 0 fully saturated rings. The van der Waals surface area contributed by atoms with Gasteiger partial charge in [0.1, 0.15) is 0 Å². The Kier molecular flexibility index (Phi) is 3.11. The second kappa shape index (κ2) is 3.74. The van der Waals surface area contributed by atoms with E-state index in [1.807, 2.05) is 35.6 Å². The monoisotopic (exact) mass is 340 g/mol. The fraction of sp³-hybridized carbons (Fsp3) is 0.125. The molecule has 1 aromatic carbocycles. The number of hydrogen-bond acceptors (Lipinski definition) is 1. The van der Waals surface area contributed by atoms with Gasteiger partial charge in [-0.2, -0.15) is 0 Å². The van der Waals surface area contributed by atoms with Gasteiger partial charge in [0.05, 0.1) is 5.56 Å². The third kappa shape index (κ3) is 1.80. The Morgan fingerprint density at radius 1 is 1.58 bits per heavy atom. The Morgan fingerprint density at radius 3 is 2.58 bits per heavy atom. The van der Waals surface area contributed by atoms with Crippen molar-refractivity contribution in [3.63, 3.8) is 0 Å². The van der Waals surface area contributed by atoms with Gasteiger partial charge in [0.25, 0.3) is 0 Å². The molecule has 4 heteroatoms. The lowest BCUT2D eigenvalue weighted by molar-refractivity contribution is 0.0694. The number of halogens is 2. The number of carboxylic acids is 1. The lowest BCUT2D eigenvalue weighted by atomic mass is 10.1. The number of carboxylic acid groups (broad SMARTS) is 1. The Balaban J connectivity index is 3.43. The van der Waals surface area contributed by atoms with E-state index < -0.39 is 5.97 Å². The van der Waals surface area contributed by atoms with E-state index in [0.29, 0.717) is 10.0 Å². The quantitative estimate of drug-likeness (QED) is 0.798. The van der Waals surface area contributed by atoms with Crippen LogP contribution in [-0.4, -0.2) is 11.1 Å². The second-order valence-corrected chi connectivity index (χ2v) is 4.31. The van der Waals surface area contributed by atoms with E-state index in [2.05, 4.69) is 15.9 Å². The minimum Gasteiger partial charge on any atom is -0.478 e. The number of carbonyl (C=O) groups is 1. The van der Waals surface area contributed by atoms with E-state index in [-0.39, 0.29) is 0 Å². The Labute approximate surface area is 92.2 Å². The molecule has 0 aliphatic rings. The van der Waals surface area contributed by atoms with E-state index in [1.165, 1.54) is 0 Å². The van der Waals surface area contributed by atoms with Crippen LogP contribution in [0.4, 0.5) is 0 Å². The Hall–Kier alpha value is -0.100. The van der Waals surface area contributed by atoms with Crippen LogP contribution < -0.4 is 0 Å². The van der Waals surface area contributed by atoms with Gasteiger partial charge in [-0.15, -0.1) is 0 Å². The third-order valence-corrected chi connectivity index (χ3v) is 3.42. The molecule has 0 amide bonds. The first kappa shape index (κ1) is 9.98. The summed E-state index contributed by atoms with van der Waals surface area (Å²) in [7, 11) is 0. The van der Waals surface area contributed by atoms with Crippen molar-refractivity contribution in [2.75, 3.05) is 0 Å². The molecule has 2 nitrogen and oxygen atoms in total. The lowest BCUT2D eigenvalue weighted by Gasteiger charge is -2.04. The predicted octanol–water partition coefficient (Wildman–Crippen LogP) is 3.06. The van der Waals surface area contributed by atoms with Gasteiger partial charge in [-0.1, -0.05) is 6.07 Å². The summed E-state index contributed by atoms with van der Waals surface area (Å²) in [5, 5.41) is 8.84. The first-order chi connectivity index (χ1) is 5.54. The molecule has 64 valence electrons. The molecule has 0 radical (unpaired) electrons. The van der Waals surface area contributed by atoms with Crippen molar-refractivity contribution in [3.8, 4) is 0 Å². The normalized spacial score (nSPS) is 9.92. The van der Waals surface area contributed by atoms with E-state index >= 15 is 0 Å². The van der Waals surface area contributed by atoms with Crippen molar-refractivity contribution in [2.45, 2.75) is 6.92 Å². The smallest absolute Gasteiger partial charge is 0.337 e. The molecular weight excluding hydrogens is 335 g/mol. The molecule has 0 bridgehead atoms. The average Bonchev–Trinajstić information content (AvgIpc) is 1.97. The van der Waals surface area contributed by atoms with E-state index in [9.17, 15) is 4.79 Å². The van der Waals surface area contributed by atoms with Crippen LogP contribution in [0, 0.1) is 10.5 Å². The molecule has 0 aliphatic carbocycles. The highest BCUT2D eigenvalue weighted by Gasteiger charge is 2.13. The summed E-state index contributed by atoms with van der Waals surface area (Å²) in [6.07, 6.45) is 0. The maximum atomic E-state index is 10.8. The summed E-state index contributed by atoms with van der Waals surface area (Å²) >= 11 is 5.25. The molecule has 1 N–H and O–H groups in total. The largest absolute Gasteiger partial charge is 0.478 e. The fourth-order valence-corrected chi connectivity index (χ4v) is 2.42. The zero-order valence-corrected chi connectivity index (χ0v) is 10.0. The highest BCUT2D eigenvalue weighted by molar-refractivity contribution is 14.1. The molecule has 0 aliphatic heterocycles. The van der Waals surface area contributed by atoms with Gasteiger partial charge < -0.3 is 5.11 Å². The molecule has 0 saturated heterocycles. The van der Waals surface area contributed by atoms with Crippen molar-refractivity contribution in [1.29, 1.82) is 0 Å². The standard InChI is InChI=1S/C8H6BrIO2/c1-4-2-3-5(10)6(7(4)9)8(11)12/h2-3H,1H3,(H,11,12). The molecule has 1 aromatic rings. The Morgan fingerprint density at radius 2 is 2.17 bits per heavy atom. The van der Waals surface area contributed by atoms with Crippen LogP contribution in [-0.2, 0) is 0 Å². The van der Waals surface area contributed by atoms with Gasteiger partial charge in [-0.25, -0.2) is 4.79 Å². The summed E-state index contributed by atoms with van der Waals surface area (Å²) < 4.78 is 1.42. The maximum Gasteiger partial charge on any atom is 0.337 e. The van der Waals surface area contributed by atoms with Crippen molar-refractivity contribution in [1.82, 2.24) is 0 Å². The molecule has 12 heavy (non-hydrogen) atoms. The van der Waals surface area contributed by atoms with Gasteiger partial charge in [0, 0.05) is 8.04 Å². The highest BCUT2D eigenvalue weighted by Crippen LogP contribution is 2.25. The minimum absolute atomic E-state index is 0.343. The first-order valence-corrected chi connectivity index (χ1v) is 5.09. The van der Waals surface area contributed by atoms with Gasteiger partial charge >= 0.3 is 5.97 Å². The molecule has 0 heterocycles. The second-order valence-electron chi connectivity index (χ2n) is 2.36. The van der Waals surface area contributed by atoms with Crippen LogP contribution in [0.25, 0.3) is 0 Å². The van der Waals surface area contributed by atoms with Crippen molar-refractivity contribution < 1.29 is 9.90 Å². The third-order valence-electron chi connectivity index (χ3n) is 1.50. The fourth-order valence-electron chi connectivity index (χ4n) is 0.853. The summed E-state index contributed by atoms with van der Waals surface area (Å²) in [6, 6.07) is 3.68. The zero-order chi connectivity index (χ0) is 9.30. The number of aryl methyl sites for hydroxylation is 1. The van der Waals surface area contributed by atoms with Crippen LogP contribution in [0.15, 0.2) is 16.6 Å². The maximum absolute atomic E-state index is 10.8. The summed E-state index contributed by atoms with van der Waals surface area (Å²) in [5.74, 6) is -0.894. The van der Waals surface area contributed by atoms with Gasteiger partial charge in [-0.3, -0.25) is 0 Å². The molecule has 0 saturated carbocycles. The summed E-state index contributed by atoms with van der Waals surface area (Å²) in [5.41, 5.74) is 1.28. The predicted molar refractivity (Wildman–Crippen MR) is 58.6 cm³/mol. The minimum atomic E-state index is -0.894. The van der Waals surface area contributed by atoms with Gasteiger partial charge in [0.15, 0.2) is 0 Å². The van der Waals surface area contributed by atoms with Crippen molar-refractivity contribution in [2.24, 2.45) is 0 Å². The average molecular weight is 341 g/mol. The molecule has 1 rings (SSSR count). The van der Waals surface area contributed by atoms with Crippen LogP contribution in [0.1, 0.15) is 15.9 Å². The SMILES string of the molecule is Cc1ccc(I)c(C(=O)O)c1Br. The molecular formula is C8H6BrIO2. The van der Waals surface area contributed by atoms with Crippen LogP contribution in [0.3, 0.4) is 0 Å². The first-order valence-electron chi connectivity index (χ1n) is 3.22. The number of aromatic carboxylic acids is 1. The molecule has 0 spiro atoms. The lowest BCUT2D eigenvalue weighted by Crippen LogP contribution is -2.01. The van der Waals surface area contributed by atoms with E-state index in [4.69, 9.17) is 5.11 Å².